The number of fused-ring (bicyclic) bond motifs is 1. The summed E-state index contributed by atoms with van der Waals surface area (Å²) in [6, 6.07) is 0. The molecule has 1 N–H and O–H groups in total. The third-order valence-corrected chi connectivity index (χ3v) is 7.42. The van der Waals surface area contributed by atoms with Gasteiger partial charge in [-0.2, -0.15) is 4.68 Å². The molecule has 3 rings (SSSR count). The van der Waals surface area contributed by atoms with Gasteiger partial charge < -0.3 is 20.2 Å². The molecule has 0 bridgehead atoms. The van der Waals surface area contributed by atoms with Gasteiger partial charge in [0.25, 0.3) is 0 Å². The molecule has 2 heterocycles. The minimum Gasteiger partial charge on any atom is -0.462 e. The predicted molar refractivity (Wildman–Crippen MR) is 123 cm³/mol. The number of aromatic nitrogens is 2. The van der Waals surface area contributed by atoms with Crippen LogP contribution in [0.15, 0.2) is 0 Å². The normalized spacial score (nSPS) is 15.9. The molecule has 11 heteroatoms. The summed E-state index contributed by atoms with van der Waals surface area (Å²) >= 11 is 7.35. The number of esters is 1. The van der Waals surface area contributed by atoms with E-state index in [0.717, 1.165) is 29.7 Å². The Balaban J connectivity index is 1.88. The molecule has 1 aliphatic rings. The molecule has 1 unspecified atom stereocenters. The second-order valence-corrected chi connectivity index (χ2v) is 10.4. The quantitative estimate of drug-likeness (QED) is 0.359. The maximum Gasteiger partial charge on any atom is 0.408 e. The Morgan fingerprint density at radius 3 is 2.66 bits per heavy atom. The van der Waals surface area contributed by atoms with Gasteiger partial charge in [-0.1, -0.05) is 32.4 Å². The van der Waals surface area contributed by atoms with E-state index in [1.54, 1.807) is 13.8 Å². The number of ether oxygens (including phenoxy) is 1. The molecule has 9 nitrogen and oxygen atoms in total. The standard InChI is InChI=1S/C21H27ClN4O5S/c1-6-31-20(28)16-13-8-7-12(21(3,4)5)9-14(13)32-19(16)23-15(27)10-25-11(2)17(22)18(24-25)26(29)30/h12H,6-10H2,1-5H3,(H,23,27). The number of nitrogens with zero attached hydrogens (tertiary/aromatic N) is 3. The summed E-state index contributed by atoms with van der Waals surface area (Å²) < 4.78 is 6.44. The average molecular weight is 483 g/mol. The molecule has 2 aromatic rings. The van der Waals surface area contributed by atoms with Crippen molar-refractivity contribution >= 4 is 45.6 Å². The van der Waals surface area contributed by atoms with Gasteiger partial charge >= 0.3 is 11.8 Å². The van der Waals surface area contributed by atoms with E-state index in [9.17, 15) is 19.7 Å². The van der Waals surface area contributed by atoms with Crippen LogP contribution in [0.2, 0.25) is 5.02 Å². The molecule has 1 atom stereocenters. The second-order valence-electron chi connectivity index (χ2n) is 8.92. The van der Waals surface area contributed by atoms with E-state index in [4.69, 9.17) is 16.3 Å². The van der Waals surface area contributed by atoms with E-state index in [1.165, 1.54) is 16.0 Å². The van der Waals surface area contributed by atoms with Gasteiger partial charge in [0.2, 0.25) is 5.91 Å². The highest BCUT2D eigenvalue weighted by molar-refractivity contribution is 7.17. The largest absolute Gasteiger partial charge is 0.462 e. The average Bonchev–Trinajstić information content (AvgIpc) is 3.18. The van der Waals surface area contributed by atoms with Gasteiger partial charge in [-0.05, 0) is 54.9 Å². The number of amides is 1. The predicted octanol–water partition coefficient (Wildman–Crippen LogP) is 4.78. The van der Waals surface area contributed by atoms with Crippen LogP contribution in [0.1, 0.15) is 60.6 Å². The monoisotopic (exact) mass is 482 g/mol. The van der Waals surface area contributed by atoms with Crippen LogP contribution >= 0.6 is 22.9 Å². The topological polar surface area (TPSA) is 116 Å². The summed E-state index contributed by atoms with van der Waals surface area (Å²) in [5.74, 6) is -0.937. The number of nitrogens with one attached hydrogen (secondary N) is 1. The van der Waals surface area contributed by atoms with Crippen molar-refractivity contribution in [3.05, 3.63) is 36.8 Å². The molecule has 0 radical (unpaired) electrons. The van der Waals surface area contributed by atoms with E-state index in [-0.39, 0.29) is 23.6 Å². The van der Waals surface area contributed by atoms with E-state index >= 15 is 0 Å². The number of halogens is 1. The van der Waals surface area contributed by atoms with Gasteiger partial charge in [-0.15, -0.1) is 11.3 Å². The van der Waals surface area contributed by atoms with Crippen LogP contribution in [-0.4, -0.2) is 33.2 Å². The fourth-order valence-electron chi connectivity index (χ4n) is 3.91. The van der Waals surface area contributed by atoms with Gasteiger partial charge in [0, 0.05) is 4.88 Å². The van der Waals surface area contributed by atoms with Crippen LogP contribution in [0.4, 0.5) is 10.8 Å². The minimum atomic E-state index is -0.693. The lowest BCUT2D eigenvalue weighted by atomic mass is 9.72. The van der Waals surface area contributed by atoms with Crippen molar-refractivity contribution in [1.82, 2.24) is 9.78 Å². The van der Waals surface area contributed by atoms with Crippen LogP contribution in [0, 0.1) is 28.4 Å². The Labute approximate surface area is 195 Å². The summed E-state index contributed by atoms with van der Waals surface area (Å²) in [5, 5.41) is 18.0. The van der Waals surface area contributed by atoms with Gasteiger partial charge in [0.15, 0.2) is 5.02 Å². The fourth-order valence-corrected chi connectivity index (χ4v) is 5.45. The van der Waals surface area contributed by atoms with Gasteiger partial charge in [0.05, 0.1) is 23.0 Å². The highest BCUT2D eigenvalue weighted by Gasteiger charge is 2.34. The minimum absolute atomic E-state index is 0.102. The number of rotatable bonds is 6. The SMILES string of the molecule is CCOC(=O)c1c(NC(=O)Cn2nc([N+](=O)[O-])c(Cl)c2C)sc2c1CCC(C(C)(C)C)C2. The van der Waals surface area contributed by atoms with Crippen molar-refractivity contribution in [1.29, 1.82) is 0 Å². The molecule has 1 amide bonds. The summed E-state index contributed by atoms with van der Waals surface area (Å²) in [5.41, 5.74) is 1.81. The van der Waals surface area contributed by atoms with Crippen LogP contribution in [-0.2, 0) is 28.9 Å². The van der Waals surface area contributed by atoms with Crippen LogP contribution in [0.3, 0.4) is 0 Å². The Morgan fingerprint density at radius 2 is 2.09 bits per heavy atom. The van der Waals surface area contributed by atoms with E-state index < -0.39 is 22.6 Å². The Hall–Kier alpha value is -2.46. The summed E-state index contributed by atoms with van der Waals surface area (Å²) in [6.45, 7) is 9.88. The highest BCUT2D eigenvalue weighted by Crippen LogP contribution is 2.44. The van der Waals surface area contributed by atoms with E-state index in [2.05, 4.69) is 31.2 Å². The zero-order valence-electron chi connectivity index (χ0n) is 18.8. The first-order chi connectivity index (χ1) is 14.9. The summed E-state index contributed by atoms with van der Waals surface area (Å²) in [4.78, 5) is 36.9. The first-order valence-corrected chi connectivity index (χ1v) is 11.6. The molecule has 0 aromatic carbocycles. The maximum atomic E-state index is 12.8. The van der Waals surface area contributed by atoms with Crippen molar-refractivity contribution in [3.8, 4) is 0 Å². The molecule has 32 heavy (non-hydrogen) atoms. The zero-order chi connectivity index (χ0) is 23.8. The number of thiophene rings is 1. The first-order valence-electron chi connectivity index (χ1n) is 10.4. The highest BCUT2D eigenvalue weighted by atomic mass is 35.5. The van der Waals surface area contributed by atoms with Crippen molar-refractivity contribution in [2.75, 3.05) is 11.9 Å². The number of hydrogen-bond donors (Lipinski definition) is 1. The lowest BCUT2D eigenvalue weighted by molar-refractivity contribution is -0.389. The maximum absolute atomic E-state index is 12.8. The fraction of sp³-hybridized carbons (Fsp3) is 0.571. The molecule has 174 valence electrons. The number of hydrogen-bond acceptors (Lipinski definition) is 7. The van der Waals surface area contributed by atoms with Gasteiger partial charge in [-0.3, -0.25) is 4.79 Å². The Kier molecular flexibility index (Phi) is 6.94. The Morgan fingerprint density at radius 1 is 1.41 bits per heavy atom. The summed E-state index contributed by atoms with van der Waals surface area (Å²) in [7, 11) is 0. The van der Waals surface area contributed by atoms with Crippen molar-refractivity contribution in [2.24, 2.45) is 11.3 Å². The molecule has 0 saturated heterocycles. The molecule has 1 aliphatic carbocycles. The van der Waals surface area contributed by atoms with Crippen LogP contribution in [0.25, 0.3) is 0 Å². The molecule has 2 aromatic heterocycles. The summed E-state index contributed by atoms with van der Waals surface area (Å²) in [6.07, 6.45) is 2.55. The Bertz CT molecular complexity index is 1070. The molecule has 0 fully saturated rings. The second kappa shape index (κ2) is 9.19. The molecule has 0 aliphatic heterocycles. The van der Waals surface area contributed by atoms with Crippen LogP contribution < -0.4 is 5.32 Å². The number of carbonyl (C=O) groups excluding carboxylic acids is 2. The van der Waals surface area contributed by atoms with Crippen molar-refractivity contribution < 1.29 is 19.2 Å². The number of anilines is 1. The van der Waals surface area contributed by atoms with Crippen LogP contribution in [0.5, 0.6) is 0 Å². The molecular formula is C21H27ClN4O5S. The molecule has 0 spiro atoms. The first kappa shape index (κ1) is 24.2. The molecule has 0 saturated carbocycles. The van der Waals surface area contributed by atoms with E-state index in [1.807, 2.05) is 0 Å². The lowest BCUT2D eigenvalue weighted by Crippen LogP contribution is -2.26. The van der Waals surface area contributed by atoms with E-state index in [0.29, 0.717) is 22.2 Å². The van der Waals surface area contributed by atoms with Gasteiger partial charge in [0.1, 0.15) is 11.5 Å². The third kappa shape index (κ3) is 4.80. The number of nitro groups is 1. The van der Waals surface area contributed by atoms with Crippen molar-refractivity contribution in [3.63, 3.8) is 0 Å². The van der Waals surface area contributed by atoms with Gasteiger partial charge in [-0.25, -0.2) is 4.79 Å². The third-order valence-electron chi connectivity index (χ3n) is 5.81. The molecular weight excluding hydrogens is 456 g/mol. The zero-order valence-corrected chi connectivity index (χ0v) is 20.4. The van der Waals surface area contributed by atoms with Crippen molar-refractivity contribution in [2.45, 2.75) is 60.4 Å². The lowest BCUT2D eigenvalue weighted by Gasteiger charge is -2.33. The smallest absolute Gasteiger partial charge is 0.408 e. The number of carbonyl (C=O) groups is 2.